The Hall–Kier alpha value is -2.57. The molecule has 3 fully saturated rings. The van der Waals surface area contributed by atoms with Crippen molar-refractivity contribution in [3.63, 3.8) is 0 Å². The highest BCUT2D eigenvalue weighted by atomic mass is 16.6. The van der Waals surface area contributed by atoms with Crippen molar-refractivity contribution in [2.24, 2.45) is 0 Å². The fourth-order valence-electron chi connectivity index (χ4n) is 3.86. The molecule has 2 saturated heterocycles. The first kappa shape index (κ1) is 21.7. The summed E-state index contributed by atoms with van der Waals surface area (Å²) < 4.78 is 28.0. The largest absolute Gasteiger partial charge is 0.491 e. The fourth-order valence-corrected chi connectivity index (χ4v) is 3.86. The van der Waals surface area contributed by atoms with Gasteiger partial charge in [0.15, 0.2) is 0 Å². The zero-order valence-corrected chi connectivity index (χ0v) is 17.7. The normalized spacial score (nSPS) is 26.2. The molecule has 2 unspecified atom stereocenters. The molecule has 2 heterocycles. The first-order valence-electron chi connectivity index (χ1n) is 11.0. The number of carbonyl (C=O) groups excluding carboxylic acids is 1. The number of carbonyl (C=O) groups is 1. The minimum absolute atomic E-state index is 0.280. The van der Waals surface area contributed by atoms with Gasteiger partial charge in [-0.15, -0.1) is 0 Å². The number of hydrogen-bond donors (Lipinski definition) is 0. The van der Waals surface area contributed by atoms with Gasteiger partial charge in [0.2, 0.25) is 0 Å². The maximum atomic E-state index is 8.00. The van der Waals surface area contributed by atoms with Crippen molar-refractivity contribution in [1.29, 1.82) is 0 Å². The standard InChI is InChI=1S/C24H28O5.CH2O/c1-5-19(25-13-23-15-27-23)6-2-17(1)18-3-7-21(8-4-18)29-22-11-9-20(10-12-22)26-14-24-16-28-24;1-2/h1-2,5-6,9-12,18,21,23-24H,3-4,7-8,13-16H2;1H2. The van der Waals surface area contributed by atoms with Crippen molar-refractivity contribution < 1.29 is 28.5 Å². The van der Waals surface area contributed by atoms with Gasteiger partial charge in [0, 0.05) is 0 Å². The van der Waals surface area contributed by atoms with Crippen LogP contribution in [0.5, 0.6) is 17.2 Å². The third kappa shape index (κ3) is 6.71. The second kappa shape index (κ2) is 10.6. The molecule has 6 heteroatoms. The van der Waals surface area contributed by atoms with Crippen LogP contribution in [0, 0.1) is 0 Å². The third-order valence-electron chi connectivity index (χ3n) is 5.83. The zero-order chi connectivity index (χ0) is 21.5. The lowest BCUT2D eigenvalue weighted by molar-refractivity contribution is -0.0979. The summed E-state index contributed by atoms with van der Waals surface area (Å²) in [6, 6.07) is 16.5. The summed E-state index contributed by atoms with van der Waals surface area (Å²) in [6.45, 7) is 4.94. The van der Waals surface area contributed by atoms with E-state index in [9.17, 15) is 0 Å². The van der Waals surface area contributed by atoms with E-state index in [1.807, 2.05) is 31.1 Å². The minimum Gasteiger partial charge on any atom is -0.491 e. The molecule has 0 radical (unpaired) electrons. The second-order valence-electron chi connectivity index (χ2n) is 8.16. The molecule has 2 atom stereocenters. The van der Waals surface area contributed by atoms with Crippen LogP contribution in [0.4, 0.5) is 0 Å². The Labute approximate surface area is 183 Å². The van der Waals surface area contributed by atoms with Gasteiger partial charge in [-0.1, -0.05) is 12.1 Å². The molecule has 0 aromatic heterocycles. The van der Waals surface area contributed by atoms with Crippen molar-refractivity contribution in [3.05, 3.63) is 54.1 Å². The molecule has 3 aliphatic rings. The van der Waals surface area contributed by atoms with Crippen LogP contribution in [-0.4, -0.2) is 51.5 Å². The van der Waals surface area contributed by atoms with Crippen LogP contribution in [-0.2, 0) is 14.3 Å². The average Bonchev–Trinajstić information content (AvgIpc) is 3.75. The third-order valence-corrected chi connectivity index (χ3v) is 5.83. The molecule has 2 aliphatic heterocycles. The van der Waals surface area contributed by atoms with Gasteiger partial charge in [0.1, 0.15) is 49.5 Å². The number of rotatable bonds is 9. The zero-order valence-electron chi connectivity index (χ0n) is 17.7. The summed E-state index contributed by atoms with van der Waals surface area (Å²) in [5.74, 6) is 3.33. The maximum absolute atomic E-state index is 8.00. The Kier molecular flexibility index (Phi) is 7.43. The van der Waals surface area contributed by atoms with Crippen LogP contribution >= 0.6 is 0 Å². The molecule has 6 nitrogen and oxygen atoms in total. The van der Waals surface area contributed by atoms with E-state index < -0.39 is 0 Å². The van der Waals surface area contributed by atoms with Crippen LogP contribution in [0.2, 0.25) is 0 Å². The number of benzene rings is 2. The smallest absolute Gasteiger partial charge is 0.119 e. The van der Waals surface area contributed by atoms with Crippen molar-refractivity contribution in [3.8, 4) is 17.2 Å². The highest BCUT2D eigenvalue weighted by molar-refractivity contribution is 5.32. The van der Waals surface area contributed by atoms with Crippen LogP contribution < -0.4 is 14.2 Å². The fraction of sp³-hybridized carbons (Fsp3) is 0.480. The summed E-state index contributed by atoms with van der Waals surface area (Å²) in [5, 5.41) is 0. The van der Waals surface area contributed by atoms with E-state index in [1.165, 1.54) is 5.56 Å². The molecule has 0 spiro atoms. The quantitative estimate of drug-likeness (QED) is 0.561. The molecule has 5 rings (SSSR count). The predicted molar refractivity (Wildman–Crippen MR) is 116 cm³/mol. The monoisotopic (exact) mass is 426 g/mol. The molecular weight excluding hydrogens is 396 g/mol. The van der Waals surface area contributed by atoms with Gasteiger partial charge in [-0.05, 0) is 73.6 Å². The molecule has 166 valence electrons. The summed E-state index contributed by atoms with van der Waals surface area (Å²) in [6.07, 6.45) is 5.35. The van der Waals surface area contributed by atoms with Gasteiger partial charge < -0.3 is 28.5 Å². The summed E-state index contributed by atoms with van der Waals surface area (Å²) >= 11 is 0. The Morgan fingerprint density at radius 2 is 1.16 bits per heavy atom. The van der Waals surface area contributed by atoms with E-state index in [0.717, 1.165) is 56.1 Å². The second-order valence-corrected chi connectivity index (χ2v) is 8.16. The molecule has 2 aromatic carbocycles. The van der Waals surface area contributed by atoms with Crippen LogP contribution in [0.1, 0.15) is 37.2 Å². The first-order chi connectivity index (χ1) is 15.3. The minimum atomic E-state index is 0.280. The van der Waals surface area contributed by atoms with Crippen molar-refractivity contribution >= 4 is 6.79 Å². The highest BCUT2D eigenvalue weighted by Gasteiger charge is 2.25. The molecule has 2 aromatic rings. The van der Waals surface area contributed by atoms with Gasteiger partial charge in [0.05, 0.1) is 19.3 Å². The Balaban J connectivity index is 0.00000112. The number of ether oxygens (including phenoxy) is 5. The highest BCUT2D eigenvalue weighted by Crippen LogP contribution is 2.35. The number of epoxide rings is 2. The topological polar surface area (TPSA) is 69.8 Å². The Morgan fingerprint density at radius 1 is 0.710 bits per heavy atom. The summed E-state index contributed by atoms with van der Waals surface area (Å²) in [5.41, 5.74) is 1.40. The predicted octanol–water partition coefficient (Wildman–Crippen LogP) is 4.16. The molecule has 1 aliphatic carbocycles. The van der Waals surface area contributed by atoms with Gasteiger partial charge in [-0.2, -0.15) is 0 Å². The van der Waals surface area contributed by atoms with E-state index in [4.69, 9.17) is 28.5 Å². The van der Waals surface area contributed by atoms with E-state index >= 15 is 0 Å². The Morgan fingerprint density at radius 3 is 1.65 bits per heavy atom. The summed E-state index contributed by atoms with van der Waals surface area (Å²) in [7, 11) is 0. The molecule has 31 heavy (non-hydrogen) atoms. The van der Waals surface area contributed by atoms with Gasteiger partial charge >= 0.3 is 0 Å². The van der Waals surface area contributed by atoms with Crippen LogP contribution in [0.3, 0.4) is 0 Å². The van der Waals surface area contributed by atoms with E-state index in [2.05, 4.69) is 24.3 Å². The maximum Gasteiger partial charge on any atom is 0.119 e. The van der Waals surface area contributed by atoms with Crippen molar-refractivity contribution in [1.82, 2.24) is 0 Å². The van der Waals surface area contributed by atoms with Gasteiger partial charge in [-0.25, -0.2) is 0 Å². The molecule has 0 N–H and O–H groups in total. The van der Waals surface area contributed by atoms with Crippen LogP contribution in [0.15, 0.2) is 48.5 Å². The SMILES string of the molecule is C=O.c1cc(OC2CCC(c3ccc(OCC4CO4)cc3)CC2)ccc1OCC1CO1. The molecule has 1 saturated carbocycles. The summed E-state index contributed by atoms with van der Waals surface area (Å²) in [4.78, 5) is 8.00. The lowest BCUT2D eigenvalue weighted by Gasteiger charge is -2.29. The van der Waals surface area contributed by atoms with Crippen LogP contribution in [0.25, 0.3) is 0 Å². The van der Waals surface area contributed by atoms with Crippen molar-refractivity contribution in [2.75, 3.05) is 26.4 Å². The average molecular weight is 427 g/mol. The van der Waals surface area contributed by atoms with Gasteiger partial charge in [-0.3, -0.25) is 0 Å². The first-order valence-corrected chi connectivity index (χ1v) is 11.0. The van der Waals surface area contributed by atoms with Gasteiger partial charge in [0.25, 0.3) is 0 Å². The van der Waals surface area contributed by atoms with E-state index in [1.54, 1.807) is 0 Å². The lowest BCUT2D eigenvalue weighted by Crippen LogP contribution is -2.23. The van der Waals surface area contributed by atoms with Crippen molar-refractivity contribution in [2.45, 2.75) is 49.9 Å². The number of hydrogen-bond acceptors (Lipinski definition) is 6. The molecule has 0 bridgehead atoms. The lowest BCUT2D eigenvalue weighted by atomic mass is 9.83. The molecular formula is C25H30O6. The van der Waals surface area contributed by atoms with E-state index in [-0.39, 0.29) is 6.10 Å². The Bertz CT molecular complexity index is 790. The van der Waals surface area contributed by atoms with E-state index in [0.29, 0.717) is 31.3 Å². The molecule has 0 amide bonds.